The van der Waals surface area contributed by atoms with Gasteiger partial charge in [0, 0.05) is 27.7 Å². The second-order valence-electron chi connectivity index (χ2n) is 14.5. The molecule has 0 radical (unpaired) electrons. The summed E-state index contributed by atoms with van der Waals surface area (Å²) in [6.07, 6.45) is 0. The normalized spacial score (nSPS) is 11.6. The number of nitrogens with zero attached hydrogens (tertiary/aromatic N) is 2. The minimum absolute atomic E-state index is 1.09. The average molecular weight is 713 g/mol. The summed E-state index contributed by atoms with van der Waals surface area (Å²) in [7, 11) is 0. The lowest BCUT2D eigenvalue weighted by Gasteiger charge is -2.29. The van der Waals surface area contributed by atoms with Gasteiger partial charge >= 0.3 is 0 Å². The van der Waals surface area contributed by atoms with Crippen molar-refractivity contribution in [3.05, 3.63) is 218 Å². The van der Waals surface area contributed by atoms with E-state index in [-0.39, 0.29) is 0 Å². The van der Waals surface area contributed by atoms with Crippen molar-refractivity contribution in [3.63, 3.8) is 0 Å². The van der Waals surface area contributed by atoms with E-state index in [0.717, 1.165) is 22.7 Å². The predicted molar refractivity (Wildman–Crippen MR) is 239 cm³/mol. The molecule has 262 valence electrons. The smallest absolute Gasteiger partial charge is 0.0562 e. The molecule has 2 heteroatoms. The second kappa shape index (κ2) is 13.2. The maximum Gasteiger partial charge on any atom is 0.0562 e. The van der Waals surface area contributed by atoms with Crippen molar-refractivity contribution >= 4 is 71.2 Å². The van der Waals surface area contributed by atoms with Crippen LogP contribution in [0.4, 0.5) is 17.1 Å². The molecule has 0 atom stereocenters. The van der Waals surface area contributed by atoms with Crippen LogP contribution in [0.25, 0.3) is 82.1 Å². The number of rotatable bonds is 6. The van der Waals surface area contributed by atoms with Gasteiger partial charge in [-0.1, -0.05) is 164 Å². The van der Waals surface area contributed by atoms with Gasteiger partial charge in [-0.2, -0.15) is 0 Å². The topological polar surface area (TPSA) is 8.17 Å². The molecule has 0 amide bonds. The summed E-state index contributed by atoms with van der Waals surface area (Å²) in [6.45, 7) is 0. The molecule has 0 saturated carbocycles. The van der Waals surface area contributed by atoms with Crippen LogP contribution in [0.15, 0.2) is 218 Å². The Morgan fingerprint density at radius 2 is 0.929 bits per heavy atom. The van der Waals surface area contributed by atoms with Gasteiger partial charge in [-0.3, -0.25) is 0 Å². The highest BCUT2D eigenvalue weighted by Crippen LogP contribution is 2.47. The summed E-state index contributed by atoms with van der Waals surface area (Å²) in [6, 6.07) is 79.5. The maximum atomic E-state index is 2.46. The van der Waals surface area contributed by atoms with Gasteiger partial charge in [0.25, 0.3) is 0 Å². The summed E-state index contributed by atoms with van der Waals surface area (Å²) >= 11 is 0. The van der Waals surface area contributed by atoms with E-state index < -0.39 is 0 Å². The largest absolute Gasteiger partial charge is 0.309 e. The van der Waals surface area contributed by atoms with Crippen molar-refractivity contribution in [1.29, 1.82) is 0 Å². The molecule has 0 bridgehead atoms. The molecule has 10 aromatic carbocycles. The molecule has 0 unspecified atom stereocenters. The van der Waals surface area contributed by atoms with Gasteiger partial charge in [0.05, 0.1) is 22.4 Å². The molecule has 0 fully saturated rings. The number of benzene rings is 10. The van der Waals surface area contributed by atoms with Crippen LogP contribution in [0, 0.1) is 0 Å². The lowest BCUT2D eigenvalue weighted by Crippen LogP contribution is -2.11. The first-order chi connectivity index (χ1) is 27.8. The molecular formula is C54H36N2. The first-order valence-electron chi connectivity index (χ1n) is 19.3. The van der Waals surface area contributed by atoms with E-state index in [2.05, 4.69) is 228 Å². The Bertz CT molecular complexity index is 3230. The van der Waals surface area contributed by atoms with E-state index >= 15 is 0 Å². The number of hydrogen-bond donors (Lipinski definition) is 0. The first-order valence-corrected chi connectivity index (χ1v) is 19.3. The third-order valence-corrected chi connectivity index (χ3v) is 11.3. The molecule has 0 aliphatic carbocycles. The van der Waals surface area contributed by atoms with Crippen molar-refractivity contribution < 1.29 is 0 Å². The first kappa shape index (κ1) is 32.0. The number of hydrogen-bond acceptors (Lipinski definition) is 1. The van der Waals surface area contributed by atoms with Crippen molar-refractivity contribution in [3.8, 4) is 27.9 Å². The van der Waals surface area contributed by atoms with Crippen LogP contribution in [0.5, 0.6) is 0 Å². The Morgan fingerprint density at radius 3 is 1.75 bits per heavy atom. The van der Waals surface area contributed by atoms with E-state index in [1.165, 1.54) is 76.4 Å². The summed E-state index contributed by atoms with van der Waals surface area (Å²) in [5, 5.41) is 10.0. The van der Waals surface area contributed by atoms with E-state index in [0.29, 0.717) is 0 Å². The number of para-hydroxylation sites is 3. The monoisotopic (exact) mass is 712 g/mol. The molecule has 0 spiro atoms. The van der Waals surface area contributed by atoms with Gasteiger partial charge in [-0.25, -0.2) is 0 Å². The zero-order chi connectivity index (χ0) is 37.0. The lowest BCUT2D eigenvalue weighted by molar-refractivity contribution is 1.18. The van der Waals surface area contributed by atoms with Crippen molar-refractivity contribution in [2.24, 2.45) is 0 Å². The number of aromatic nitrogens is 1. The highest BCUT2D eigenvalue weighted by molar-refractivity contribution is 6.23. The predicted octanol–water partition coefficient (Wildman–Crippen LogP) is 15.0. The maximum absolute atomic E-state index is 2.46. The molecule has 1 aromatic heterocycles. The Morgan fingerprint density at radius 1 is 0.321 bits per heavy atom. The molecule has 11 rings (SSSR count). The fourth-order valence-electron chi connectivity index (χ4n) is 8.88. The van der Waals surface area contributed by atoms with Gasteiger partial charge in [0.2, 0.25) is 0 Å². The molecule has 1 heterocycles. The van der Waals surface area contributed by atoms with Crippen LogP contribution < -0.4 is 4.90 Å². The van der Waals surface area contributed by atoms with Crippen molar-refractivity contribution in [1.82, 2.24) is 4.57 Å². The lowest BCUT2D eigenvalue weighted by atomic mass is 9.90. The van der Waals surface area contributed by atoms with E-state index in [1.54, 1.807) is 0 Å². The van der Waals surface area contributed by atoms with Gasteiger partial charge in [0.1, 0.15) is 0 Å². The Balaban J connectivity index is 1.17. The fraction of sp³-hybridized carbons (Fsp3) is 0. The molecule has 0 aliphatic rings. The fourth-order valence-corrected chi connectivity index (χ4v) is 8.88. The van der Waals surface area contributed by atoms with Gasteiger partial charge < -0.3 is 9.47 Å². The van der Waals surface area contributed by atoms with Gasteiger partial charge in [-0.05, 0) is 104 Å². The Kier molecular flexibility index (Phi) is 7.53. The third kappa shape index (κ3) is 5.11. The zero-order valence-corrected chi connectivity index (χ0v) is 30.7. The van der Waals surface area contributed by atoms with Gasteiger partial charge in [-0.15, -0.1) is 0 Å². The molecule has 0 aliphatic heterocycles. The van der Waals surface area contributed by atoms with Crippen LogP contribution in [0.2, 0.25) is 0 Å². The minimum Gasteiger partial charge on any atom is -0.309 e. The molecule has 0 N–H and O–H groups in total. The van der Waals surface area contributed by atoms with Crippen LogP contribution in [0.1, 0.15) is 0 Å². The molecule has 11 aromatic rings. The number of fused-ring (bicyclic) bond motifs is 8. The van der Waals surface area contributed by atoms with E-state index in [4.69, 9.17) is 0 Å². The second-order valence-corrected chi connectivity index (χ2v) is 14.5. The molecule has 0 saturated heterocycles. The van der Waals surface area contributed by atoms with Crippen LogP contribution in [0.3, 0.4) is 0 Å². The Labute approximate surface area is 325 Å². The zero-order valence-electron chi connectivity index (χ0n) is 30.7. The summed E-state index contributed by atoms with van der Waals surface area (Å²) < 4.78 is 2.40. The third-order valence-electron chi connectivity index (χ3n) is 11.3. The standard InChI is InChI=1S/C54H36N2/c1-3-16-37(17-4-1)44-23-11-13-26-49(44)56(52-29-15-28-51-54(52)47-25-12-14-27-50(47)55(51)41-20-5-2-6-21-41)42-33-30-39(31-34-42)48-36-40-19-8-9-22-43(40)46-35-32-38-18-7-10-24-45(38)53(46)48/h1-36H. The highest BCUT2D eigenvalue weighted by atomic mass is 15.1. The van der Waals surface area contributed by atoms with Crippen molar-refractivity contribution in [2.75, 3.05) is 4.90 Å². The minimum atomic E-state index is 1.09. The summed E-state index contributed by atoms with van der Waals surface area (Å²) in [4.78, 5) is 2.46. The molecule has 2 nitrogen and oxygen atoms in total. The van der Waals surface area contributed by atoms with Crippen LogP contribution in [-0.2, 0) is 0 Å². The van der Waals surface area contributed by atoms with Crippen LogP contribution >= 0.6 is 0 Å². The van der Waals surface area contributed by atoms with Crippen molar-refractivity contribution in [2.45, 2.75) is 0 Å². The molecular weight excluding hydrogens is 677 g/mol. The highest BCUT2D eigenvalue weighted by Gasteiger charge is 2.23. The van der Waals surface area contributed by atoms with Crippen LogP contribution in [-0.4, -0.2) is 4.57 Å². The number of anilines is 3. The SMILES string of the molecule is c1ccc(-c2ccccc2N(c2ccc(-c3cc4ccccc4c4ccc5ccccc5c34)cc2)c2cccc3c2c2ccccc2n3-c2ccccc2)cc1. The summed E-state index contributed by atoms with van der Waals surface area (Å²) in [5.74, 6) is 0. The molecule has 56 heavy (non-hydrogen) atoms. The van der Waals surface area contributed by atoms with Gasteiger partial charge in [0.15, 0.2) is 0 Å². The quantitative estimate of drug-likeness (QED) is 0.156. The Hall–Kier alpha value is -7.42. The van der Waals surface area contributed by atoms with E-state index in [9.17, 15) is 0 Å². The average Bonchev–Trinajstić information content (AvgIpc) is 3.62. The van der Waals surface area contributed by atoms with E-state index in [1.807, 2.05) is 0 Å². The summed E-state index contributed by atoms with van der Waals surface area (Å²) in [5.41, 5.74) is 11.6.